The zero-order valence-electron chi connectivity index (χ0n) is 56.7. The zero-order chi connectivity index (χ0) is 67.8. The van der Waals surface area contributed by atoms with E-state index in [1.807, 2.05) is 25.2 Å². The molecule has 2 aliphatic heterocycles. The van der Waals surface area contributed by atoms with Crippen molar-refractivity contribution in [2.75, 3.05) is 19.0 Å². The van der Waals surface area contributed by atoms with E-state index in [0.717, 1.165) is 68.9 Å². The number of aliphatic imine (C=N–C) groups is 1. The molecule has 94 heavy (non-hydrogen) atoms. The number of aliphatic hydroxyl groups excluding tert-OH is 4. The van der Waals surface area contributed by atoms with Crippen LogP contribution in [0.2, 0.25) is 0 Å². The first-order valence-electron chi connectivity index (χ1n) is 35.3. The van der Waals surface area contributed by atoms with Gasteiger partial charge in [0.1, 0.15) is 12.7 Å². The monoisotopic (exact) mass is 1320 g/mol. The summed E-state index contributed by atoms with van der Waals surface area (Å²) in [5.74, 6) is 0.302. The normalized spacial score (nSPS) is 46.8. The van der Waals surface area contributed by atoms with E-state index in [1.54, 1.807) is 31.2 Å². The Bertz CT molecular complexity index is 3370. The number of nitrogens with zero attached hydrogens (tertiary/aromatic N) is 1. The van der Waals surface area contributed by atoms with Crippen LogP contribution in [-0.4, -0.2) is 145 Å². The van der Waals surface area contributed by atoms with Gasteiger partial charge >= 0.3 is 11.9 Å². The van der Waals surface area contributed by atoms with Crippen LogP contribution in [0.1, 0.15) is 191 Å². The fourth-order valence-electron chi connectivity index (χ4n) is 24.0. The van der Waals surface area contributed by atoms with E-state index in [4.69, 9.17) is 28.7 Å². The van der Waals surface area contributed by atoms with Crippen molar-refractivity contribution in [3.63, 3.8) is 0 Å². The molecule has 1 saturated heterocycles. The van der Waals surface area contributed by atoms with Gasteiger partial charge in [-0.25, -0.2) is 4.99 Å². The summed E-state index contributed by atoms with van der Waals surface area (Å²) in [4.78, 5) is 105. The number of hydrogen-bond acceptors (Lipinski definition) is 19. The topological polar surface area (TPSA) is 276 Å². The molecular formula is C75H101NO17S. The standard InChI is InChI=1S/C25H31NO6.C25H34O6.C25H36O5S/c1-13-26-25(20(30)12-31-14(2)27)21(32-13)10-18-17-6-5-15-9-16(28)7-8-23(15,3)22(17)19(29)11-24(18,25)4;1-4-5-21-30-20-11-17-16-7-6-14-10-15(27)8-9-23(14,2)22(16)18(28)12-24(17,3)25(20,31-21)19(29)13-26;1-4-5-21(29)30-25(20(28)14-31)11-9-18-17-7-6-15-12-16(26)8-10-23(15,2)22(17)19(27)13-24(18,25)3/h7-9,17-19,21-22,29H,5-6,10-12H2,1-4H3;8-10,16-18,20-22,26,28H,4-7,11-13H2,1-3H3;12,17-19,22,27,31H,4-11,13-14H2,1-3H3/t17-,18-,19-,21+,22+,23-,24-,25+;16-,17-,18-,20+,21+,22+,23-,24-,25+;17-,18-,19-,22+,23-,24-,25-/m000/s1. The first-order valence-corrected chi connectivity index (χ1v) is 35.9. The second kappa shape index (κ2) is 24.6. The minimum Gasteiger partial charge on any atom is -0.475 e. The Morgan fingerprint density at radius 1 is 0.660 bits per heavy atom. The van der Waals surface area contributed by atoms with Crippen LogP contribution in [0.25, 0.3) is 0 Å². The molecule has 0 bridgehead atoms. The lowest BCUT2D eigenvalue weighted by molar-refractivity contribution is -0.200. The molecule has 19 heteroatoms. The van der Waals surface area contributed by atoms with E-state index in [0.29, 0.717) is 63.7 Å². The van der Waals surface area contributed by atoms with Crippen LogP contribution in [0.3, 0.4) is 0 Å². The quantitative estimate of drug-likeness (QED) is 0.0899. The molecule has 2 heterocycles. The molecule has 0 aromatic rings. The molecule has 10 fully saturated rings. The molecule has 0 spiro atoms. The Hall–Kier alpha value is -4.76. The lowest BCUT2D eigenvalue weighted by Crippen LogP contribution is -2.63. The first kappa shape index (κ1) is 69.2. The average molecular weight is 1320 g/mol. The third-order valence-electron chi connectivity index (χ3n) is 27.9. The minimum absolute atomic E-state index is 0.00898. The molecule has 0 unspecified atom stereocenters. The third kappa shape index (κ3) is 10.0. The largest absolute Gasteiger partial charge is 0.475 e. The Balaban J connectivity index is 0.000000135. The lowest BCUT2D eigenvalue weighted by Gasteiger charge is -2.60. The van der Waals surface area contributed by atoms with Gasteiger partial charge in [-0.2, -0.15) is 12.6 Å². The lowest BCUT2D eigenvalue weighted by atomic mass is 9.45. The van der Waals surface area contributed by atoms with Crippen molar-refractivity contribution in [1.29, 1.82) is 0 Å². The molecule has 0 amide bonds. The minimum atomic E-state index is -1.20. The molecule has 9 saturated carbocycles. The average Bonchev–Trinajstić information content (AvgIpc) is 1.48. The smallest absolute Gasteiger partial charge is 0.306 e. The summed E-state index contributed by atoms with van der Waals surface area (Å²) in [5.41, 5.74) is -2.86. The number of carbonyl (C=O) groups is 8. The molecule has 18 nitrogen and oxygen atoms in total. The number of ether oxygens (including phenoxy) is 5. The summed E-state index contributed by atoms with van der Waals surface area (Å²) < 4.78 is 29.9. The Labute approximate surface area is 558 Å². The van der Waals surface area contributed by atoms with Crippen LogP contribution in [0.4, 0.5) is 0 Å². The Morgan fingerprint density at radius 3 is 1.79 bits per heavy atom. The van der Waals surface area contributed by atoms with Gasteiger partial charge in [-0.1, -0.05) is 90.7 Å². The summed E-state index contributed by atoms with van der Waals surface area (Å²) in [7, 11) is 0. The third-order valence-corrected chi connectivity index (χ3v) is 28.2. The second-order valence-electron chi connectivity index (χ2n) is 32.1. The van der Waals surface area contributed by atoms with Gasteiger partial charge in [0.15, 0.2) is 64.5 Å². The van der Waals surface area contributed by atoms with Crippen molar-refractivity contribution in [2.24, 2.45) is 90.7 Å². The van der Waals surface area contributed by atoms with Gasteiger partial charge in [0.2, 0.25) is 5.78 Å². The predicted molar refractivity (Wildman–Crippen MR) is 349 cm³/mol. The summed E-state index contributed by atoms with van der Waals surface area (Å²) in [5, 5.41) is 44.5. The van der Waals surface area contributed by atoms with E-state index in [2.05, 4.69) is 61.1 Å². The van der Waals surface area contributed by atoms with Crippen molar-refractivity contribution in [2.45, 2.75) is 245 Å². The van der Waals surface area contributed by atoms with Crippen molar-refractivity contribution in [3.05, 3.63) is 59.3 Å². The molecular weight excluding hydrogens is 1220 g/mol. The van der Waals surface area contributed by atoms with E-state index < -0.39 is 82.4 Å². The highest BCUT2D eigenvalue weighted by Gasteiger charge is 2.78. The molecule has 14 aliphatic rings. The maximum atomic E-state index is 13.5. The molecule has 514 valence electrons. The highest BCUT2D eigenvalue weighted by Crippen LogP contribution is 2.73. The number of thiol groups is 1. The zero-order valence-corrected chi connectivity index (χ0v) is 57.6. The van der Waals surface area contributed by atoms with Crippen molar-refractivity contribution in [1.82, 2.24) is 0 Å². The Kier molecular flexibility index (Phi) is 18.1. The van der Waals surface area contributed by atoms with Crippen LogP contribution in [0, 0.1) is 85.8 Å². The number of allylic oxidation sites excluding steroid dienone is 9. The molecule has 24 atom stereocenters. The van der Waals surface area contributed by atoms with Gasteiger partial charge in [0, 0.05) is 65.6 Å². The molecule has 14 rings (SSSR count). The number of aliphatic hydroxyl groups is 4. The maximum Gasteiger partial charge on any atom is 0.306 e. The maximum absolute atomic E-state index is 13.5. The predicted octanol–water partition coefficient (Wildman–Crippen LogP) is 9.35. The van der Waals surface area contributed by atoms with Gasteiger partial charge in [-0.15, -0.1) is 0 Å². The molecule has 0 aromatic heterocycles. The second-order valence-corrected chi connectivity index (χ2v) is 32.4. The number of Topliss-reactive ketones (excluding diaryl/α,β-unsaturated/α-hetero) is 3. The van der Waals surface area contributed by atoms with E-state index >= 15 is 0 Å². The van der Waals surface area contributed by atoms with Gasteiger partial charge in [-0.3, -0.25) is 38.4 Å². The van der Waals surface area contributed by atoms with Crippen molar-refractivity contribution >= 4 is 65.2 Å². The van der Waals surface area contributed by atoms with Crippen LogP contribution >= 0.6 is 12.6 Å². The number of esters is 2. The van der Waals surface area contributed by atoms with E-state index in [9.17, 15) is 58.8 Å². The van der Waals surface area contributed by atoms with E-state index in [1.165, 1.54) is 12.5 Å². The van der Waals surface area contributed by atoms with Crippen molar-refractivity contribution < 1.29 is 82.5 Å². The number of ketones is 6. The SMILES string of the molecule is CC(=O)OCC(=O)[C@@]12N=C(C)O[C@@H]1C[C@H]1[C@@H]3CCC4=CC(=O)C=C[C@]4(C)[C@H]3[C@@H](O)C[C@@]12C.CCCC(=O)O[C@]1(C(=O)CS)CC[C@H]2[C@@H]3CCC4=CC(=O)CC[C@]4(C)[C@H]3[C@@H](O)C[C@@]21C.CCC[C@@H]1O[C@@H]2C[C@H]3[C@@H]4CCC5=CC(=O)C=C[C@]5(C)[C@H]4[C@@H](O)C[C@]3(C)[C@]2(C(=O)CO)O1. The summed E-state index contributed by atoms with van der Waals surface area (Å²) >= 11 is 4.27. The van der Waals surface area contributed by atoms with Gasteiger partial charge < -0.3 is 44.1 Å². The van der Waals surface area contributed by atoms with Gasteiger partial charge in [0.05, 0.1) is 30.2 Å². The van der Waals surface area contributed by atoms with Crippen LogP contribution in [0.5, 0.6) is 0 Å². The van der Waals surface area contributed by atoms with Crippen LogP contribution < -0.4 is 0 Å². The highest BCUT2D eigenvalue weighted by atomic mass is 32.1. The fourth-order valence-corrected chi connectivity index (χ4v) is 24.3. The van der Waals surface area contributed by atoms with Gasteiger partial charge in [-0.05, 0) is 180 Å². The number of rotatable bonds is 12. The van der Waals surface area contributed by atoms with Crippen LogP contribution in [0.15, 0.2) is 64.2 Å². The molecule has 0 radical (unpaired) electrons. The summed E-state index contributed by atoms with van der Waals surface area (Å²) in [6.07, 6.45) is 22.4. The molecule has 0 aromatic carbocycles. The van der Waals surface area contributed by atoms with Crippen LogP contribution in [-0.2, 0) is 62.0 Å². The number of fused-ring (bicyclic) bond motifs is 19. The van der Waals surface area contributed by atoms with Crippen molar-refractivity contribution in [3.8, 4) is 0 Å². The summed E-state index contributed by atoms with van der Waals surface area (Å²) in [6.45, 7) is 18.8. The Morgan fingerprint density at radius 2 is 1.21 bits per heavy atom. The highest BCUT2D eigenvalue weighted by molar-refractivity contribution is 7.81. The molecule has 4 N–H and O–H groups in total. The first-order chi connectivity index (χ1) is 44.4. The summed E-state index contributed by atoms with van der Waals surface area (Å²) in [6, 6.07) is 0. The number of hydrogen-bond donors (Lipinski definition) is 5. The number of carbonyl (C=O) groups excluding carboxylic acids is 8. The van der Waals surface area contributed by atoms with E-state index in [-0.39, 0.29) is 129 Å². The fraction of sp³-hybridized carbons (Fsp3) is 0.747. The molecule has 12 aliphatic carbocycles. The van der Waals surface area contributed by atoms with Gasteiger partial charge in [0.25, 0.3) is 0 Å².